The first-order valence-corrected chi connectivity index (χ1v) is 4.05. The fraction of sp³-hybridized carbons (Fsp3) is 0.333. The van der Waals surface area contributed by atoms with E-state index in [1.165, 1.54) is 6.07 Å². The smallest absolute Gasteiger partial charge is 0.444 e. The molecule has 0 aliphatic rings. The highest BCUT2D eigenvalue weighted by Gasteiger charge is 2.76. The van der Waals surface area contributed by atoms with Crippen molar-refractivity contribution in [3.05, 3.63) is 30.3 Å². The van der Waals surface area contributed by atoms with E-state index >= 15 is 0 Å². The van der Waals surface area contributed by atoms with Crippen molar-refractivity contribution in [1.29, 1.82) is 0 Å². The summed E-state index contributed by atoms with van der Waals surface area (Å²) < 4.78 is 88.7. The maximum Gasteiger partial charge on any atom is 0.470 e. The number of halogens is 7. The molecule has 0 saturated heterocycles. The molecule has 0 aromatic heterocycles. The van der Waals surface area contributed by atoms with Crippen molar-refractivity contribution in [3.8, 4) is 5.75 Å². The predicted octanol–water partition coefficient (Wildman–Crippen LogP) is 3.66. The largest absolute Gasteiger partial charge is 0.470 e. The number of alkyl halides is 7. The van der Waals surface area contributed by atoms with Gasteiger partial charge in [-0.25, -0.2) is 0 Å². The molecule has 1 rings (SSSR count). The molecule has 0 aliphatic heterocycles. The third-order valence-electron chi connectivity index (χ3n) is 1.67. The van der Waals surface area contributed by atoms with E-state index in [0.717, 1.165) is 12.1 Å². The van der Waals surface area contributed by atoms with Gasteiger partial charge < -0.3 is 4.74 Å². The van der Waals surface area contributed by atoms with Crippen LogP contribution in [0.25, 0.3) is 0 Å². The highest BCUT2D eigenvalue weighted by atomic mass is 19.4. The van der Waals surface area contributed by atoms with Crippen molar-refractivity contribution in [3.63, 3.8) is 0 Å². The van der Waals surface area contributed by atoms with Crippen LogP contribution in [0.15, 0.2) is 24.3 Å². The van der Waals surface area contributed by atoms with Gasteiger partial charge in [0.1, 0.15) is 5.75 Å². The zero-order valence-corrected chi connectivity index (χ0v) is 7.86. The summed E-state index contributed by atoms with van der Waals surface area (Å²) in [5, 5.41) is 0. The minimum atomic E-state index is -6.24. The summed E-state index contributed by atoms with van der Waals surface area (Å²) in [7, 11) is 0. The Balaban J connectivity index is 3.11. The van der Waals surface area contributed by atoms with E-state index in [0.29, 0.717) is 6.07 Å². The fourth-order valence-corrected chi connectivity index (χ4v) is 0.879. The lowest BCUT2D eigenvalue weighted by Gasteiger charge is -2.29. The fourth-order valence-electron chi connectivity index (χ4n) is 0.879. The van der Waals surface area contributed by atoms with Gasteiger partial charge in [-0.15, -0.1) is 0 Å². The molecule has 0 N–H and O–H groups in total. The Kier molecular flexibility index (Phi) is 3.26. The summed E-state index contributed by atoms with van der Waals surface area (Å²) >= 11 is 0. The topological polar surface area (TPSA) is 9.23 Å². The SMILES string of the molecule is FC(F)(F)C(F)(Oc1c[c]ccc1)C(F)(F)F. The van der Waals surface area contributed by atoms with E-state index in [1.54, 1.807) is 0 Å². The lowest BCUT2D eigenvalue weighted by atomic mass is 10.2. The lowest BCUT2D eigenvalue weighted by Crippen LogP contribution is -2.57. The molecule has 0 atom stereocenters. The van der Waals surface area contributed by atoms with Crippen molar-refractivity contribution < 1.29 is 35.5 Å². The van der Waals surface area contributed by atoms with Crippen LogP contribution in [0.5, 0.6) is 5.75 Å². The summed E-state index contributed by atoms with van der Waals surface area (Å²) in [5.74, 6) is -6.67. The first-order valence-electron chi connectivity index (χ1n) is 4.05. The summed E-state index contributed by atoms with van der Waals surface area (Å²) in [5.41, 5.74) is 0. The van der Waals surface area contributed by atoms with Gasteiger partial charge in [-0.2, -0.15) is 30.7 Å². The maximum absolute atomic E-state index is 13.0. The zero-order chi connectivity index (χ0) is 13.3. The first-order chi connectivity index (χ1) is 7.58. The summed E-state index contributed by atoms with van der Waals surface area (Å²) in [6, 6.07) is 5.83. The van der Waals surface area contributed by atoms with Crippen molar-refractivity contribution in [2.75, 3.05) is 0 Å². The molecule has 95 valence electrons. The molecular formula is C9H4F7O. The Bertz CT molecular complexity index is 353. The molecule has 1 aromatic carbocycles. The van der Waals surface area contributed by atoms with E-state index < -0.39 is 24.0 Å². The molecule has 0 amide bonds. The minimum absolute atomic E-state index is 0.659. The second kappa shape index (κ2) is 4.08. The van der Waals surface area contributed by atoms with Crippen LogP contribution in [-0.4, -0.2) is 18.2 Å². The zero-order valence-electron chi connectivity index (χ0n) is 7.86. The molecule has 0 unspecified atom stereocenters. The number of rotatable bonds is 2. The molecule has 0 fully saturated rings. The number of hydrogen-bond acceptors (Lipinski definition) is 1. The molecular weight excluding hydrogens is 257 g/mol. The average Bonchev–Trinajstić information content (AvgIpc) is 2.15. The Labute approximate surface area is 90.8 Å². The van der Waals surface area contributed by atoms with E-state index in [2.05, 4.69) is 10.8 Å². The number of hydrogen-bond donors (Lipinski definition) is 0. The predicted molar refractivity (Wildman–Crippen MR) is 41.9 cm³/mol. The molecule has 8 heteroatoms. The maximum atomic E-state index is 13.0. The van der Waals surface area contributed by atoms with Gasteiger partial charge >= 0.3 is 18.2 Å². The third-order valence-corrected chi connectivity index (χ3v) is 1.67. The van der Waals surface area contributed by atoms with E-state index in [-0.39, 0.29) is 0 Å². The number of ether oxygens (including phenoxy) is 1. The Morgan fingerprint density at radius 1 is 0.941 bits per heavy atom. The van der Waals surface area contributed by atoms with Gasteiger partial charge in [0.2, 0.25) is 0 Å². The van der Waals surface area contributed by atoms with Crippen LogP contribution in [0.3, 0.4) is 0 Å². The van der Waals surface area contributed by atoms with Crippen LogP contribution < -0.4 is 4.74 Å². The van der Waals surface area contributed by atoms with Gasteiger partial charge in [0, 0.05) is 0 Å². The van der Waals surface area contributed by atoms with E-state index in [4.69, 9.17) is 0 Å². The molecule has 0 bridgehead atoms. The highest BCUT2D eigenvalue weighted by Crippen LogP contribution is 2.47. The minimum Gasteiger partial charge on any atom is -0.444 e. The van der Waals surface area contributed by atoms with Crippen molar-refractivity contribution in [2.24, 2.45) is 0 Å². The van der Waals surface area contributed by atoms with Gasteiger partial charge in [0.25, 0.3) is 0 Å². The monoisotopic (exact) mass is 261 g/mol. The Morgan fingerprint density at radius 2 is 1.47 bits per heavy atom. The first kappa shape index (κ1) is 13.6. The summed E-state index contributed by atoms with van der Waals surface area (Å²) in [4.78, 5) is 0. The van der Waals surface area contributed by atoms with Gasteiger partial charge in [0.15, 0.2) is 0 Å². The lowest BCUT2D eigenvalue weighted by molar-refractivity contribution is -0.405. The quantitative estimate of drug-likeness (QED) is 0.738. The number of benzene rings is 1. The van der Waals surface area contributed by atoms with Crippen LogP contribution >= 0.6 is 0 Å². The molecule has 17 heavy (non-hydrogen) atoms. The van der Waals surface area contributed by atoms with E-state index in [9.17, 15) is 30.7 Å². The van der Waals surface area contributed by atoms with Crippen molar-refractivity contribution >= 4 is 0 Å². The van der Waals surface area contributed by atoms with Crippen LogP contribution in [0, 0.1) is 6.07 Å². The van der Waals surface area contributed by atoms with Gasteiger partial charge in [0.05, 0.1) is 0 Å². The average molecular weight is 261 g/mol. The second-order valence-corrected chi connectivity index (χ2v) is 2.93. The van der Waals surface area contributed by atoms with Gasteiger partial charge in [-0.3, -0.25) is 0 Å². The second-order valence-electron chi connectivity index (χ2n) is 2.93. The van der Waals surface area contributed by atoms with Crippen molar-refractivity contribution in [2.45, 2.75) is 18.2 Å². The van der Waals surface area contributed by atoms with Crippen LogP contribution in [-0.2, 0) is 0 Å². The summed E-state index contributed by atoms with van der Waals surface area (Å²) in [6.45, 7) is 0. The molecule has 1 radical (unpaired) electrons. The van der Waals surface area contributed by atoms with Gasteiger partial charge in [-0.05, 0) is 18.2 Å². The Hall–Kier alpha value is -1.47. The van der Waals surface area contributed by atoms with Crippen LogP contribution in [0.2, 0.25) is 0 Å². The normalized spacial score (nSPS) is 13.6. The van der Waals surface area contributed by atoms with Gasteiger partial charge in [-0.1, -0.05) is 12.1 Å². The van der Waals surface area contributed by atoms with E-state index in [1.807, 2.05) is 0 Å². The molecule has 0 spiro atoms. The van der Waals surface area contributed by atoms with Crippen molar-refractivity contribution in [1.82, 2.24) is 0 Å². The molecule has 0 aliphatic carbocycles. The Morgan fingerprint density at radius 3 is 1.82 bits per heavy atom. The van der Waals surface area contributed by atoms with Crippen LogP contribution in [0.4, 0.5) is 30.7 Å². The standard InChI is InChI=1S/C9H4F7O/c10-7(8(11,12)13,9(14,15)16)17-6-4-2-1-3-5-6/h1-2,4-5H. The molecule has 1 aromatic rings. The third kappa shape index (κ3) is 2.62. The highest BCUT2D eigenvalue weighted by molar-refractivity contribution is 5.21. The summed E-state index contributed by atoms with van der Waals surface area (Å²) in [6.07, 6.45) is -12.5. The molecule has 0 saturated carbocycles. The molecule has 1 nitrogen and oxygen atoms in total. The molecule has 0 heterocycles. The van der Waals surface area contributed by atoms with Crippen LogP contribution in [0.1, 0.15) is 0 Å².